The Morgan fingerprint density at radius 1 is 1.59 bits per heavy atom. The molecular formula is C12H13BrClNO2. The minimum absolute atomic E-state index is 0.0238. The number of aliphatic hydroxyl groups is 1. The molecule has 3 nitrogen and oxygen atoms in total. The van der Waals surface area contributed by atoms with Gasteiger partial charge in [0.05, 0.1) is 17.7 Å². The van der Waals surface area contributed by atoms with Gasteiger partial charge in [-0.1, -0.05) is 11.6 Å². The Balaban J connectivity index is 2.21. The van der Waals surface area contributed by atoms with Crippen molar-refractivity contribution in [2.75, 3.05) is 13.2 Å². The van der Waals surface area contributed by atoms with Crippen LogP contribution in [0, 0.1) is 0 Å². The van der Waals surface area contributed by atoms with Crippen molar-refractivity contribution < 1.29 is 9.90 Å². The summed E-state index contributed by atoms with van der Waals surface area (Å²) in [5.41, 5.74) is 0.568. The fraction of sp³-hybridized carbons (Fsp3) is 0.417. The third-order valence-electron chi connectivity index (χ3n) is 3.02. The Morgan fingerprint density at radius 3 is 3.00 bits per heavy atom. The maximum Gasteiger partial charge on any atom is 0.254 e. The first-order chi connectivity index (χ1) is 8.13. The number of rotatable bonds is 2. The number of aliphatic hydroxyl groups excluding tert-OH is 1. The minimum Gasteiger partial charge on any atom is -0.394 e. The van der Waals surface area contributed by atoms with Gasteiger partial charge in [-0.15, -0.1) is 0 Å². The summed E-state index contributed by atoms with van der Waals surface area (Å²) in [4.78, 5) is 13.9. The number of nitrogens with zero attached hydrogens (tertiary/aromatic N) is 1. The van der Waals surface area contributed by atoms with Gasteiger partial charge in [0.15, 0.2) is 0 Å². The molecule has 1 amide bonds. The van der Waals surface area contributed by atoms with Gasteiger partial charge in [0.2, 0.25) is 0 Å². The fourth-order valence-electron chi connectivity index (χ4n) is 2.09. The second-order valence-corrected chi connectivity index (χ2v) is 5.37. The molecule has 0 aliphatic carbocycles. The average molecular weight is 319 g/mol. The summed E-state index contributed by atoms with van der Waals surface area (Å²) in [5.74, 6) is -0.0593. The van der Waals surface area contributed by atoms with Crippen molar-refractivity contribution in [2.24, 2.45) is 0 Å². The van der Waals surface area contributed by atoms with E-state index in [0.29, 0.717) is 17.1 Å². The normalized spacial score (nSPS) is 19.7. The summed E-state index contributed by atoms with van der Waals surface area (Å²) in [6.07, 6.45) is 1.81. The minimum atomic E-state index is -0.0593. The maximum absolute atomic E-state index is 12.2. The molecule has 1 N–H and O–H groups in total. The largest absolute Gasteiger partial charge is 0.394 e. The molecule has 1 atom stereocenters. The van der Waals surface area contributed by atoms with Crippen LogP contribution in [0.15, 0.2) is 22.7 Å². The second kappa shape index (κ2) is 5.38. The molecule has 1 aromatic carbocycles. The van der Waals surface area contributed by atoms with E-state index < -0.39 is 0 Å². The third-order valence-corrected chi connectivity index (χ3v) is 4.25. The monoisotopic (exact) mass is 317 g/mol. The molecule has 5 heteroatoms. The lowest BCUT2D eigenvalue weighted by atomic mass is 10.2. The zero-order valence-corrected chi connectivity index (χ0v) is 11.5. The summed E-state index contributed by atoms with van der Waals surface area (Å²) in [6, 6.07) is 5.11. The van der Waals surface area contributed by atoms with E-state index in [-0.39, 0.29) is 18.6 Å². The van der Waals surface area contributed by atoms with Crippen LogP contribution >= 0.6 is 27.5 Å². The predicted octanol–water partition coefficient (Wildman–Crippen LogP) is 2.70. The number of likely N-dealkylation sites (tertiary alicyclic amines) is 1. The van der Waals surface area contributed by atoms with Gasteiger partial charge in [0.1, 0.15) is 0 Å². The van der Waals surface area contributed by atoms with Crippen LogP contribution in [-0.2, 0) is 0 Å². The SMILES string of the molecule is O=C(c1ccc(Br)c(Cl)c1)N1CCCC1CO. The number of hydrogen-bond donors (Lipinski definition) is 1. The molecule has 1 fully saturated rings. The molecule has 0 bridgehead atoms. The van der Waals surface area contributed by atoms with Gasteiger partial charge in [-0.3, -0.25) is 4.79 Å². The number of halogens is 2. The number of benzene rings is 1. The molecule has 0 radical (unpaired) electrons. The smallest absolute Gasteiger partial charge is 0.254 e. The van der Waals surface area contributed by atoms with Gasteiger partial charge < -0.3 is 10.0 Å². The first kappa shape index (κ1) is 12.9. The summed E-state index contributed by atoms with van der Waals surface area (Å²) >= 11 is 9.26. The molecule has 92 valence electrons. The Kier molecular flexibility index (Phi) is 4.07. The van der Waals surface area contributed by atoms with Crippen LogP contribution in [0.4, 0.5) is 0 Å². The van der Waals surface area contributed by atoms with Crippen LogP contribution in [0.2, 0.25) is 5.02 Å². The van der Waals surface area contributed by atoms with E-state index >= 15 is 0 Å². The quantitative estimate of drug-likeness (QED) is 0.911. The van der Waals surface area contributed by atoms with Gasteiger partial charge in [0.25, 0.3) is 5.91 Å². The van der Waals surface area contributed by atoms with Crippen molar-refractivity contribution in [3.05, 3.63) is 33.3 Å². The average Bonchev–Trinajstić information content (AvgIpc) is 2.80. The lowest BCUT2D eigenvalue weighted by Crippen LogP contribution is -2.37. The van der Waals surface area contributed by atoms with E-state index in [1.165, 1.54) is 0 Å². The number of carbonyl (C=O) groups is 1. The Bertz CT molecular complexity index is 439. The maximum atomic E-state index is 12.2. The number of carbonyl (C=O) groups excluding carboxylic acids is 1. The summed E-state index contributed by atoms with van der Waals surface area (Å²) < 4.78 is 0.774. The first-order valence-electron chi connectivity index (χ1n) is 5.50. The van der Waals surface area contributed by atoms with E-state index in [4.69, 9.17) is 11.6 Å². The van der Waals surface area contributed by atoms with Crippen LogP contribution in [-0.4, -0.2) is 35.1 Å². The summed E-state index contributed by atoms with van der Waals surface area (Å²) in [6.45, 7) is 0.730. The molecule has 1 heterocycles. The van der Waals surface area contributed by atoms with Crippen LogP contribution in [0.3, 0.4) is 0 Å². The van der Waals surface area contributed by atoms with Crippen molar-refractivity contribution in [2.45, 2.75) is 18.9 Å². The summed E-state index contributed by atoms with van der Waals surface area (Å²) in [7, 11) is 0. The first-order valence-corrected chi connectivity index (χ1v) is 6.67. The van der Waals surface area contributed by atoms with Crippen molar-refractivity contribution in [3.8, 4) is 0 Å². The highest BCUT2D eigenvalue weighted by Gasteiger charge is 2.28. The van der Waals surface area contributed by atoms with Gasteiger partial charge >= 0.3 is 0 Å². The molecule has 0 saturated carbocycles. The molecule has 1 aliphatic heterocycles. The van der Waals surface area contributed by atoms with E-state index in [1.54, 1.807) is 23.1 Å². The number of amides is 1. The van der Waals surface area contributed by atoms with Crippen LogP contribution < -0.4 is 0 Å². The highest BCUT2D eigenvalue weighted by Crippen LogP contribution is 2.25. The molecule has 2 rings (SSSR count). The molecule has 17 heavy (non-hydrogen) atoms. The molecule has 0 spiro atoms. The van der Waals surface area contributed by atoms with E-state index in [2.05, 4.69) is 15.9 Å². The Morgan fingerprint density at radius 2 is 2.35 bits per heavy atom. The van der Waals surface area contributed by atoms with Gasteiger partial charge in [-0.05, 0) is 47.0 Å². The molecule has 1 aliphatic rings. The fourth-order valence-corrected chi connectivity index (χ4v) is 2.52. The Hall–Kier alpha value is -0.580. The topological polar surface area (TPSA) is 40.5 Å². The van der Waals surface area contributed by atoms with E-state index in [0.717, 1.165) is 17.3 Å². The summed E-state index contributed by atoms with van der Waals surface area (Å²) in [5, 5.41) is 9.73. The van der Waals surface area contributed by atoms with Crippen molar-refractivity contribution in [1.29, 1.82) is 0 Å². The molecular weight excluding hydrogens is 305 g/mol. The Labute approximate surface area is 114 Å². The highest BCUT2D eigenvalue weighted by molar-refractivity contribution is 9.10. The van der Waals surface area contributed by atoms with Crippen LogP contribution in [0.25, 0.3) is 0 Å². The molecule has 1 unspecified atom stereocenters. The molecule has 1 saturated heterocycles. The lowest BCUT2D eigenvalue weighted by Gasteiger charge is -2.23. The highest BCUT2D eigenvalue weighted by atomic mass is 79.9. The molecule has 1 aromatic rings. The lowest BCUT2D eigenvalue weighted by molar-refractivity contribution is 0.0677. The van der Waals surface area contributed by atoms with Crippen LogP contribution in [0.1, 0.15) is 23.2 Å². The van der Waals surface area contributed by atoms with Crippen molar-refractivity contribution in [3.63, 3.8) is 0 Å². The van der Waals surface area contributed by atoms with E-state index in [9.17, 15) is 9.90 Å². The predicted molar refractivity (Wildman–Crippen MR) is 70.3 cm³/mol. The molecule has 0 aromatic heterocycles. The van der Waals surface area contributed by atoms with Gasteiger partial charge in [-0.2, -0.15) is 0 Å². The third kappa shape index (κ3) is 2.64. The van der Waals surface area contributed by atoms with Crippen molar-refractivity contribution >= 4 is 33.4 Å². The van der Waals surface area contributed by atoms with E-state index in [1.807, 2.05) is 0 Å². The zero-order valence-electron chi connectivity index (χ0n) is 9.20. The second-order valence-electron chi connectivity index (χ2n) is 4.11. The van der Waals surface area contributed by atoms with Crippen LogP contribution in [0.5, 0.6) is 0 Å². The standard InChI is InChI=1S/C12H13BrClNO2/c13-10-4-3-8(6-11(10)14)12(17)15-5-1-2-9(15)7-16/h3-4,6,9,16H,1-2,5,7H2. The zero-order chi connectivity index (χ0) is 12.4. The van der Waals surface area contributed by atoms with Crippen molar-refractivity contribution in [1.82, 2.24) is 4.90 Å². The number of hydrogen-bond acceptors (Lipinski definition) is 2. The van der Waals surface area contributed by atoms with Gasteiger partial charge in [0, 0.05) is 16.6 Å². The van der Waals surface area contributed by atoms with Gasteiger partial charge in [-0.25, -0.2) is 0 Å².